The van der Waals surface area contributed by atoms with Crippen molar-refractivity contribution in [1.82, 2.24) is 9.97 Å². The van der Waals surface area contributed by atoms with E-state index in [4.69, 9.17) is 32.9 Å². The molecule has 2 fully saturated rings. The van der Waals surface area contributed by atoms with Gasteiger partial charge in [0.25, 0.3) is 0 Å². The number of halogens is 2. The monoisotopic (exact) mass is 472 g/mol. The summed E-state index contributed by atoms with van der Waals surface area (Å²) in [5, 5.41) is 10.6. The molecule has 4 rings (SSSR count). The lowest BCUT2D eigenvalue weighted by Gasteiger charge is -2.38. The van der Waals surface area contributed by atoms with E-state index < -0.39 is 5.97 Å². The van der Waals surface area contributed by atoms with Gasteiger partial charge in [0, 0.05) is 18.7 Å². The largest absolute Gasteiger partial charge is 0.461 e. The molecule has 0 radical (unpaired) electrons. The van der Waals surface area contributed by atoms with E-state index in [0.717, 1.165) is 19.3 Å². The highest BCUT2D eigenvalue weighted by molar-refractivity contribution is 6.43. The van der Waals surface area contributed by atoms with E-state index in [0.29, 0.717) is 51.8 Å². The van der Waals surface area contributed by atoms with Crippen LogP contribution in [0.4, 0.5) is 5.82 Å². The van der Waals surface area contributed by atoms with Gasteiger partial charge in [-0.25, -0.2) is 14.8 Å². The van der Waals surface area contributed by atoms with Crippen LogP contribution < -0.4 is 4.90 Å². The fourth-order valence-corrected chi connectivity index (χ4v) is 4.78. The first kappa shape index (κ1) is 22.8. The molecule has 1 saturated carbocycles. The molecule has 0 bridgehead atoms. The standard InChI is InChI=1S/C24H26Cl2N4O2/c1-3-32-23(31)21-22(30-11-9-24(14-27,10-12-30)13-16-7-8-16)28-15(2)20(29-21)17-5-4-6-18(25)19(17)26/h4-6,16H,3,7-13H2,1-2H3. The number of aryl methyl sites for hydroxylation is 1. The van der Waals surface area contributed by atoms with Crippen LogP contribution in [0.1, 0.15) is 55.2 Å². The van der Waals surface area contributed by atoms with Crippen LogP contribution in [0.5, 0.6) is 0 Å². The van der Waals surface area contributed by atoms with Crippen molar-refractivity contribution in [2.24, 2.45) is 11.3 Å². The number of piperidine rings is 1. The molecule has 0 unspecified atom stereocenters. The smallest absolute Gasteiger partial charge is 0.360 e. The third-order valence-corrected chi connectivity index (χ3v) is 7.18. The summed E-state index contributed by atoms with van der Waals surface area (Å²) in [6, 6.07) is 7.88. The second-order valence-corrected chi connectivity index (χ2v) is 9.46. The molecule has 2 aliphatic rings. The number of rotatable bonds is 6. The van der Waals surface area contributed by atoms with Gasteiger partial charge in [0.15, 0.2) is 11.5 Å². The summed E-state index contributed by atoms with van der Waals surface area (Å²) in [7, 11) is 0. The first-order valence-corrected chi connectivity index (χ1v) is 11.8. The first-order valence-electron chi connectivity index (χ1n) is 11.0. The van der Waals surface area contributed by atoms with Gasteiger partial charge in [0.2, 0.25) is 0 Å². The molecule has 6 nitrogen and oxygen atoms in total. The maximum Gasteiger partial charge on any atom is 0.360 e. The van der Waals surface area contributed by atoms with Crippen LogP contribution in [0.25, 0.3) is 11.3 Å². The van der Waals surface area contributed by atoms with Crippen LogP contribution in [-0.4, -0.2) is 35.6 Å². The number of hydrogen-bond acceptors (Lipinski definition) is 6. The van der Waals surface area contributed by atoms with Gasteiger partial charge in [0.05, 0.1) is 39.5 Å². The molecule has 1 aliphatic carbocycles. The minimum absolute atomic E-state index is 0.162. The number of carbonyl (C=O) groups excluding carboxylic acids is 1. The number of hydrogen-bond donors (Lipinski definition) is 0. The maximum absolute atomic E-state index is 12.8. The van der Waals surface area contributed by atoms with E-state index in [2.05, 4.69) is 16.0 Å². The highest BCUT2D eigenvalue weighted by Crippen LogP contribution is 2.46. The third-order valence-electron chi connectivity index (χ3n) is 6.36. The van der Waals surface area contributed by atoms with E-state index in [9.17, 15) is 10.1 Å². The lowest BCUT2D eigenvalue weighted by molar-refractivity contribution is 0.0519. The summed E-state index contributed by atoms with van der Waals surface area (Å²) < 4.78 is 5.29. The minimum Gasteiger partial charge on any atom is -0.461 e. The molecular weight excluding hydrogens is 447 g/mol. The van der Waals surface area contributed by atoms with Crippen LogP contribution in [0, 0.1) is 29.6 Å². The zero-order chi connectivity index (χ0) is 22.9. The van der Waals surface area contributed by atoms with E-state index in [-0.39, 0.29) is 17.7 Å². The Balaban J connectivity index is 1.69. The van der Waals surface area contributed by atoms with Gasteiger partial charge < -0.3 is 9.64 Å². The van der Waals surface area contributed by atoms with Gasteiger partial charge in [0.1, 0.15) is 0 Å². The highest BCUT2D eigenvalue weighted by Gasteiger charge is 2.40. The van der Waals surface area contributed by atoms with Crippen molar-refractivity contribution >= 4 is 35.0 Å². The second-order valence-electron chi connectivity index (χ2n) is 8.68. The summed E-state index contributed by atoms with van der Waals surface area (Å²) in [6.45, 7) is 5.14. The Morgan fingerprint density at radius 3 is 2.62 bits per heavy atom. The molecule has 32 heavy (non-hydrogen) atoms. The van der Waals surface area contributed by atoms with Gasteiger partial charge in [-0.3, -0.25) is 0 Å². The van der Waals surface area contributed by atoms with Crippen LogP contribution in [0.2, 0.25) is 10.0 Å². The molecule has 1 aromatic heterocycles. The number of aromatic nitrogens is 2. The number of benzene rings is 1. The Labute approximate surface area is 198 Å². The lowest BCUT2D eigenvalue weighted by atomic mass is 9.75. The molecule has 2 heterocycles. The number of carbonyl (C=O) groups is 1. The van der Waals surface area contributed by atoms with Crippen molar-refractivity contribution in [3.05, 3.63) is 39.6 Å². The van der Waals surface area contributed by atoms with Crippen molar-refractivity contribution in [2.75, 3.05) is 24.6 Å². The first-order chi connectivity index (χ1) is 15.4. The van der Waals surface area contributed by atoms with Crippen molar-refractivity contribution in [1.29, 1.82) is 5.26 Å². The van der Waals surface area contributed by atoms with Crippen LogP contribution in [0.15, 0.2) is 18.2 Å². The van der Waals surface area contributed by atoms with Gasteiger partial charge in [-0.15, -0.1) is 0 Å². The second kappa shape index (κ2) is 9.25. The molecule has 2 aromatic rings. The van der Waals surface area contributed by atoms with Gasteiger partial charge >= 0.3 is 5.97 Å². The Morgan fingerprint density at radius 1 is 1.28 bits per heavy atom. The fourth-order valence-electron chi connectivity index (χ4n) is 4.39. The van der Waals surface area contributed by atoms with E-state index >= 15 is 0 Å². The van der Waals surface area contributed by atoms with Crippen molar-refractivity contribution in [3.8, 4) is 17.3 Å². The predicted octanol–water partition coefficient (Wildman–Crippen LogP) is 5.85. The number of nitrogens with zero attached hydrogens (tertiary/aromatic N) is 4. The Morgan fingerprint density at radius 2 is 2.00 bits per heavy atom. The number of nitriles is 1. The zero-order valence-electron chi connectivity index (χ0n) is 18.3. The Hall–Kier alpha value is -2.36. The van der Waals surface area contributed by atoms with Crippen LogP contribution >= 0.6 is 23.2 Å². The third kappa shape index (κ3) is 4.55. The molecule has 0 N–H and O–H groups in total. The Kier molecular flexibility index (Phi) is 6.60. The number of ether oxygens (including phenoxy) is 1. The SMILES string of the molecule is CCOC(=O)c1nc(-c2cccc(Cl)c2Cl)c(C)nc1N1CCC(C#N)(CC2CC2)CC1. The van der Waals surface area contributed by atoms with Crippen molar-refractivity contribution in [2.45, 2.75) is 46.0 Å². The van der Waals surface area contributed by atoms with Crippen molar-refractivity contribution in [3.63, 3.8) is 0 Å². The fraction of sp³-hybridized carbons (Fsp3) is 0.500. The van der Waals surface area contributed by atoms with Crippen LogP contribution in [0.3, 0.4) is 0 Å². The topological polar surface area (TPSA) is 79.1 Å². The van der Waals surface area contributed by atoms with Crippen molar-refractivity contribution < 1.29 is 9.53 Å². The molecule has 0 atom stereocenters. The lowest BCUT2D eigenvalue weighted by Crippen LogP contribution is -2.41. The summed E-state index contributed by atoms with van der Waals surface area (Å²) in [6.07, 6.45) is 4.95. The molecule has 1 aromatic carbocycles. The number of esters is 1. The summed E-state index contributed by atoms with van der Waals surface area (Å²) in [5.74, 6) is 0.672. The van der Waals surface area contributed by atoms with Gasteiger partial charge in [-0.1, -0.05) is 48.2 Å². The average Bonchev–Trinajstić information content (AvgIpc) is 3.60. The van der Waals surface area contributed by atoms with Gasteiger partial charge in [-0.05, 0) is 45.1 Å². The highest BCUT2D eigenvalue weighted by atomic mass is 35.5. The average molecular weight is 473 g/mol. The summed E-state index contributed by atoms with van der Waals surface area (Å²) in [5.41, 5.74) is 1.65. The van der Waals surface area contributed by atoms with E-state index in [1.807, 2.05) is 6.92 Å². The van der Waals surface area contributed by atoms with Gasteiger partial charge in [-0.2, -0.15) is 5.26 Å². The minimum atomic E-state index is -0.524. The molecule has 168 valence electrons. The predicted molar refractivity (Wildman–Crippen MR) is 125 cm³/mol. The normalized spacial score (nSPS) is 17.7. The molecule has 1 aliphatic heterocycles. The molecule has 1 saturated heterocycles. The number of anilines is 1. The van der Waals surface area contributed by atoms with E-state index in [1.165, 1.54) is 12.8 Å². The zero-order valence-corrected chi connectivity index (χ0v) is 19.8. The van der Waals surface area contributed by atoms with E-state index in [1.54, 1.807) is 25.1 Å². The molecule has 0 amide bonds. The maximum atomic E-state index is 12.8. The molecule has 0 spiro atoms. The quantitative estimate of drug-likeness (QED) is 0.490. The summed E-state index contributed by atoms with van der Waals surface area (Å²) >= 11 is 12.6. The van der Waals surface area contributed by atoms with Crippen LogP contribution in [-0.2, 0) is 4.74 Å². The Bertz CT molecular complexity index is 1070. The summed E-state index contributed by atoms with van der Waals surface area (Å²) in [4.78, 5) is 24.3. The molecule has 8 heteroatoms. The molecular formula is C24H26Cl2N4O2.